The van der Waals surface area contributed by atoms with Crippen LogP contribution in [-0.2, 0) is 0 Å². The number of hydrogen-bond acceptors (Lipinski definition) is 4. The van der Waals surface area contributed by atoms with E-state index in [0.29, 0.717) is 5.82 Å². The van der Waals surface area contributed by atoms with Crippen LogP contribution in [0.25, 0.3) is 0 Å². The lowest BCUT2D eigenvalue weighted by molar-refractivity contribution is 0.0995. The number of carbonyl (C=O) groups excluding carboxylic acids is 2. The Morgan fingerprint density at radius 2 is 2.05 bits per heavy atom. The van der Waals surface area contributed by atoms with Crippen LogP contribution in [0.4, 0.5) is 10.6 Å². The van der Waals surface area contributed by atoms with Gasteiger partial charge in [0, 0.05) is 6.04 Å². The van der Waals surface area contributed by atoms with Gasteiger partial charge in [-0.3, -0.25) is 10.1 Å². The highest BCUT2D eigenvalue weighted by Gasteiger charge is 2.18. The third kappa shape index (κ3) is 3.92. The van der Waals surface area contributed by atoms with Gasteiger partial charge in [0.05, 0.1) is 0 Å². The van der Waals surface area contributed by atoms with Crippen molar-refractivity contribution >= 4 is 17.8 Å². The molecule has 4 N–H and O–H groups in total. The molecule has 1 aromatic heterocycles. The first-order valence-electron chi connectivity index (χ1n) is 6.57. The van der Waals surface area contributed by atoms with Crippen molar-refractivity contribution in [2.45, 2.75) is 18.9 Å². The average molecular weight is 277 g/mol. The largest absolute Gasteiger partial charge is 0.364 e. The number of piperidine rings is 1. The van der Waals surface area contributed by atoms with Crippen molar-refractivity contribution in [1.29, 1.82) is 0 Å². The molecule has 0 radical (unpaired) electrons. The molecule has 0 aliphatic carbocycles. The minimum atomic E-state index is -0.621. The van der Waals surface area contributed by atoms with Crippen LogP contribution >= 0.6 is 0 Å². The Morgan fingerprint density at radius 1 is 1.35 bits per heavy atom. The maximum Gasteiger partial charge on any atom is 0.320 e. The Bertz CT molecular complexity index is 497. The monoisotopic (exact) mass is 277 g/mol. The first-order chi connectivity index (χ1) is 9.54. The predicted molar refractivity (Wildman–Crippen MR) is 75.4 cm³/mol. The van der Waals surface area contributed by atoms with Crippen molar-refractivity contribution in [1.82, 2.24) is 15.2 Å². The van der Waals surface area contributed by atoms with Crippen LogP contribution in [0.1, 0.15) is 23.3 Å². The molecule has 0 atom stereocenters. The highest BCUT2D eigenvalue weighted by molar-refractivity contribution is 5.92. The van der Waals surface area contributed by atoms with Crippen LogP contribution in [0.5, 0.6) is 0 Å². The number of aromatic nitrogens is 1. The number of primary amides is 1. The van der Waals surface area contributed by atoms with Crippen LogP contribution in [-0.4, -0.2) is 48.0 Å². The van der Waals surface area contributed by atoms with Crippen molar-refractivity contribution in [3.63, 3.8) is 0 Å². The van der Waals surface area contributed by atoms with Gasteiger partial charge in [-0.25, -0.2) is 9.78 Å². The first kappa shape index (κ1) is 14.3. The van der Waals surface area contributed by atoms with Crippen LogP contribution in [0, 0.1) is 0 Å². The fourth-order valence-electron chi connectivity index (χ4n) is 2.13. The molecule has 0 unspecified atom stereocenters. The minimum absolute atomic E-state index is 0.127. The summed E-state index contributed by atoms with van der Waals surface area (Å²) in [4.78, 5) is 29.1. The van der Waals surface area contributed by atoms with E-state index >= 15 is 0 Å². The smallest absolute Gasteiger partial charge is 0.320 e. The number of pyridine rings is 1. The summed E-state index contributed by atoms with van der Waals surface area (Å²) in [6, 6.07) is 4.60. The molecule has 108 valence electrons. The van der Waals surface area contributed by atoms with E-state index in [4.69, 9.17) is 5.73 Å². The van der Waals surface area contributed by atoms with E-state index in [1.54, 1.807) is 12.1 Å². The summed E-state index contributed by atoms with van der Waals surface area (Å²) < 4.78 is 0. The van der Waals surface area contributed by atoms with E-state index in [9.17, 15) is 9.59 Å². The third-order valence-electron chi connectivity index (χ3n) is 3.30. The second-order valence-electron chi connectivity index (χ2n) is 4.95. The topological polar surface area (TPSA) is 100 Å². The number of carbonyl (C=O) groups is 2. The molecule has 0 bridgehead atoms. The Kier molecular flexibility index (Phi) is 4.52. The lowest BCUT2D eigenvalue weighted by Crippen LogP contribution is -2.44. The number of amides is 3. The Morgan fingerprint density at radius 3 is 2.70 bits per heavy atom. The molecule has 0 saturated carbocycles. The van der Waals surface area contributed by atoms with Crippen molar-refractivity contribution in [3.8, 4) is 0 Å². The fourth-order valence-corrected chi connectivity index (χ4v) is 2.13. The third-order valence-corrected chi connectivity index (χ3v) is 3.30. The number of rotatable bonds is 3. The summed E-state index contributed by atoms with van der Waals surface area (Å²) in [7, 11) is 2.07. The fraction of sp³-hybridized carbons (Fsp3) is 0.462. The molecule has 0 aromatic carbocycles. The van der Waals surface area contributed by atoms with Crippen LogP contribution in [0.2, 0.25) is 0 Å². The highest BCUT2D eigenvalue weighted by Crippen LogP contribution is 2.09. The van der Waals surface area contributed by atoms with E-state index in [1.165, 1.54) is 6.07 Å². The highest BCUT2D eigenvalue weighted by atomic mass is 16.2. The lowest BCUT2D eigenvalue weighted by Gasteiger charge is -2.29. The van der Waals surface area contributed by atoms with E-state index < -0.39 is 5.91 Å². The van der Waals surface area contributed by atoms with E-state index in [0.717, 1.165) is 25.9 Å². The van der Waals surface area contributed by atoms with E-state index in [-0.39, 0.29) is 17.8 Å². The summed E-state index contributed by atoms with van der Waals surface area (Å²) in [6.45, 7) is 1.95. The molecule has 0 spiro atoms. The predicted octanol–water partition coefficient (Wildman–Crippen LogP) is 0.396. The summed E-state index contributed by atoms with van der Waals surface area (Å²) in [5.74, 6) is -0.309. The van der Waals surface area contributed by atoms with E-state index in [1.807, 2.05) is 0 Å². The Balaban J connectivity index is 1.88. The van der Waals surface area contributed by atoms with Crippen molar-refractivity contribution in [2.75, 3.05) is 25.5 Å². The maximum atomic E-state index is 11.9. The molecule has 1 aromatic rings. The first-order valence-corrected chi connectivity index (χ1v) is 6.57. The second kappa shape index (κ2) is 6.33. The number of likely N-dealkylation sites (tertiary alicyclic amines) is 1. The van der Waals surface area contributed by atoms with Crippen molar-refractivity contribution in [3.05, 3.63) is 23.9 Å². The summed E-state index contributed by atoms with van der Waals surface area (Å²) in [6.07, 6.45) is 1.86. The maximum absolute atomic E-state index is 11.9. The molecule has 2 heterocycles. The number of nitrogens with one attached hydrogen (secondary N) is 2. The van der Waals surface area contributed by atoms with Gasteiger partial charge in [0.15, 0.2) is 0 Å². The van der Waals surface area contributed by atoms with Gasteiger partial charge in [-0.2, -0.15) is 0 Å². The number of urea groups is 1. The second-order valence-corrected chi connectivity index (χ2v) is 4.95. The van der Waals surface area contributed by atoms with Gasteiger partial charge < -0.3 is 16.0 Å². The molecule has 7 nitrogen and oxygen atoms in total. The number of anilines is 1. The van der Waals surface area contributed by atoms with Crippen LogP contribution in [0.15, 0.2) is 18.2 Å². The van der Waals surface area contributed by atoms with E-state index in [2.05, 4.69) is 27.6 Å². The van der Waals surface area contributed by atoms with Gasteiger partial charge in [-0.1, -0.05) is 6.07 Å². The number of hydrogen-bond donors (Lipinski definition) is 3. The lowest BCUT2D eigenvalue weighted by atomic mass is 10.1. The van der Waals surface area contributed by atoms with Gasteiger partial charge in [0.25, 0.3) is 5.91 Å². The molecule has 3 amide bonds. The molecular weight excluding hydrogens is 258 g/mol. The van der Waals surface area contributed by atoms with Gasteiger partial charge in [-0.05, 0) is 45.1 Å². The van der Waals surface area contributed by atoms with Gasteiger partial charge in [0.1, 0.15) is 11.5 Å². The van der Waals surface area contributed by atoms with Gasteiger partial charge in [-0.15, -0.1) is 0 Å². The molecule has 7 heteroatoms. The summed E-state index contributed by atoms with van der Waals surface area (Å²) in [5.41, 5.74) is 5.27. The molecule has 1 aliphatic rings. The van der Waals surface area contributed by atoms with Crippen LogP contribution in [0.3, 0.4) is 0 Å². The SMILES string of the molecule is CN1CCC(NC(=O)Nc2cccc(C(N)=O)n2)CC1. The zero-order valence-corrected chi connectivity index (χ0v) is 11.4. The summed E-state index contributed by atoms with van der Waals surface area (Å²) in [5, 5.41) is 5.52. The molecular formula is C13H19N5O2. The molecule has 20 heavy (non-hydrogen) atoms. The Labute approximate surface area is 117 Å². The number of nitrogens with zero attached hydrogens (tertiary/aromatic N) is 2. The summed E-state index contributed by atoms with van der Waals surface area (Å²) >= 11 is 0. The molecule has 1 saturated heterocycles. The normalized spacial score (nSPS) is 16.6. The van der Waals surface area contributed by atoms with Crippen molar-refractivity contribution in [2.24, 2.45) is 5.73 Å². The minimum Gasteiger partial charge on any atom is -0.364 e. The standard InChI is InChI=1S/C13H19N5O2/c1-18-7-5-9(6-8-18)15-13(20)17-11-4-2-3-10(16-11)12(14)19/h2-4,9H,5-8H2,1H3,(H2,14,19)(H2,15,16,17,20). The van der Waals surface area contributed by atoms with Crippen LogP contribution < -0.4 is 16.4 Å². The average Bonchev–Trinajstić information content (AvgIpc) is 2.41. The zero-order chi connectivity index (χ0) is 14.5. The van der Waals surface area contributed by atoms with Gasteiger partial charge >= 0.3 is 6.03 Å². The van der Waals surface area contributed by atoms with Gasteiger partial charge in [0.2, 0.25) is 0 Å². The molecule has 2 rings (SSSR count). The Hall–Kier alpha value is -2.15. The number of nitrogens with two attached hydrogens (primary N) is 1. The molecule has 1 aliphatic heterocycles. The van der Waals surface area contributed by atoms with Crippen molar-refractivity contribution < 1.29 is 9.59 Å². The zero-order valence-electron chi connectivity index (χ0n) is 11.4. The quantitative estimate of drug-likeness (QED) is 0.744. The molecule has 1 fully saturated rings.